The maximum Gasteiger partial charge on any atom is 0.0899 e. The molecule has 1 unspecified atom stereocenters. The Hall–Kier alpha value is -1.34. The van der Waals surface area contributed by atoms with Crippen molar-refractivity contribution in [1.82, 2.24) is 0 Å². The van der Waals surface area contributed by atoms with E-state index >= 15 is 0 Å². The molecule has 0 radical (unpaired) electrons. The molecule has 2 aromatic rings. The molecule has 0 aliphatic heterocycles. The molecular formula is C22H32O. The maximum absolute atomic E-state index is 11.2. The van der Waals surface area contributed by atoms with Gasteiger partial charge in [-0.05, 0) is 29.2 Å². The molecule has 1 heteroatoms. The van der Waals surface area contributed by atoms with E-state index in [0.29, 0.717) is 0 Å². The average molecular weight is 312 g/mol. The predicted octanol–water partition coefficient (Wildman–Crippen LogP) is 6.58. The summed E-state index contributed by atoms with van der Waals surface area (Å²) in [4.78, 5) is 0. The molecule has 0 bridgehead atoms. The Balaban J connectivity index is 1.99. The van der Waals surface area contributed by atoms with Crippen LogP contribution in [0, 0.1) is 0 Å². The first-order valence-corrected chi connectivity index (χ1v) is 9.42. The third-order valence-corrected chi connectivity index (χ3v) is 5.07. The van der Waals surface area contributed by atoms with Gasteiger partial charge in [0.25, 0.3) is 0 Å². The Morgan fingerprint density at radius 2 is 1.43 bits per heavy atom. The smallest absolute Gasteiger partial charge is 0.0899 e. The average Bonchev–Trinajstić information content (AvgIpc) is 2.60. The Labute approximate surface area is 141 Å². The van der Waals surface area contributed by atoms with Crippen LogP contribution in [0.5, 0.6) is 0 Å². The molecule has 0 saturated heterocycles. The molecule has 0 saturated carbocycles. The van der Waals surface area contributed by atoms with Crippen molar-refractivity contribution >= 4 is 10.8 Å². The lowest BCUT2D eigenvalue weighted by molar-refractivity contribution is 0.0221. The minimum atomic E-state index is -0.690. The molecule has 1 N–H and O–H groups in total. The number of unbranched alkanes of at least 4 members (excludes halogenated alkanes) is 6. The van der Waals surface area contributed by atoms with Gasteiger partial charge in [-0.1, -0.05) is 101 Å². The third-order valence-electron chi connectivity index (χ3n) is 5.07. The number of fused-ring (bicyclic) bond motifs is 1. The lowest BCUT2D eigenvalue weighted by Gasteiger charge is -2.29. The molecule has 0 aliphatic carbocycles. The zero-order valence-corrected chi connectivity index (χ0v) is 14.9. The fourth-order valence-corrected chi connectivity index (χ4v) is 3.51. The van der Waals surface area contributed by atoms with Crippen molar-refractivity contribution in [3.63, 3.8) is 0 Å². The normalized spacial score (nSPS) is 14.0. The number of benzene rings is 2. The first-order valence-electron chi connectivity index (χ1n) is 9.42. The highest BCUT2D eigenvalue weighted by Gasteiger charge is 2.28. The van der Waals surface area contributed by atoms with E-state index in [4.69, 9.17) is 0 Å². The molecular weight excluding hydrogens is 280 g/mol. The third kappa shape index (κ3) is 4.81. The summed E-state index contributed by atoms with van der Waals surface area (Å²) in [5, 5.41) is 13.6. The molecule has 126 valence electrons. The van der Waals surface area contributed by atoms with E-state index in [1.807, 2.05) is 0 Å². The van der Waals surface area contributed by atoms with Gasteiger partial charge in [0.2, 0.25) is 0 Å². The van der Waals surface area contributed by atoms with Crippen molar-refractivity contribution in [2.24, 2.45) is 0 Å². The van der Waals surface area contributed by atoms with Crippen LogP contribution in [0.3, 0.4) is 0 Å². The quantitative estimate of drug-likeness (QED) is 0.491. The van der Waals surface area contributed by atoms with Crippen LogP contribution in [0.15, 0.2) is 42.5 Å². The van der Waals surface area contributed by atoms with E-state index in [2.05, 4.69) is 56.3 Å². The fourth-order valence-electron chi connectivity index (χ4n) is 3.51. The van der Waals surface area contributed by atoms with E-state index < -0.39 is 5.60 Å². The van der Waals surface area contributed by atoms with Crippen LogP contribution in [-0.2, 0) is 5.60 Å². The molecule has 2 aromatic carbocycles. The van der Waals surface area contributed by atoms with Gasteiger partial charge in [0, 0.05) is 0 Å². The van der Waals surface area contributed by atoms with Crippen molar-refractivity contribution < 1.29 is 5.11 Å². The van der Waals surface area contributed by atoms with Crippen LogP contribution in [0.25, 0.3) is 10.8 Å². The summed E-state index contributed by atoms with van der Waals surface area (Å²) >= 11 is 0. The van der Waals surface area contributed by atoms with Crippen molar-refractivity contribution in [1.29, 1.82) is 0 Å². The van der Waals surface area contributed by atoms with Gasteiger partial charge in [-0.25, -0.2) is 0 Å². The highest BCUT2D eigenvalue weighted by Crippen LogP contribution is 2.35. The SMILES string of the molecule is CCCCCCCCCC(O)(CC)c1cccc2ccccc12. The topological polar surface area (TPSA) is 20.2 Å². The van der Waals surface area contributed by atoms with E-state index in [9.17, 15) is 5.11 Å². The van der Waals surface area contributed by atoms with Crippen molar-refractivity contribution in [3.8, 4) is 0 Å². The second-order valence-electron chi connectivity index (χ2n) is 6.78. The lowest BCUT2D eigenvalue weighted by Crippen LogP contribution is -2.25. The summed E-state index contributed by atoms with van der Waals surface area (Å²) in [7, 11) is 0. The first kappa shape index (κ1) is 18.0. The van der Waals surface area contributed by atoms with E-state index in [0.717, 1.165) is 24.8 Å². The molecule has 2 rings (SSSR count). The Bertz CT molecular complexity index is 584. The van der Waals surface area contributed by atoms with Crippen LogP contribution in [0.4, 0.5) is 0 Å². The molecule has 1 nitrogen and oxygen atoms in total. The number of hydrogen-bond acceptors (Lipinski definition) is 1. The van der Waals surface area contributed by atoms with Gasteiger partial charge < -0.3 is 5.11 Å². The highest BCUT2D eigenvalue weighted by molar-refractivity contribution is 5.86. The summed E-state index contributed by atoms with van der Waals surface area (Å²) in [5.41, 5.74) is 0.411. The molecule has 0 heterocycles. The molecule has 0 aromatic heterocycles. The minimum absolute atomic E-state index is 0.690. The summed E-state index contributed by atoms with van der Waals surface area (Å²) in [5.74, 6) is 0. The minimum Gasteiger partial charge on any atom is -0.385 e. The van der Waals surface area contributed by atoms with Crippen LogP contribution in [-0.4, -0.2) is 5.11 Å². The van der Waals surface area contributed by atoms with Gasteiger partial charge in [0.15, 0.2) is 0 Å². The summed E-state index contributed by atoms with van der Waals surface area (Å²) < 4.78 is 0. The second-order valence-corrected chi connectivity index (χ2v) is 6.78. The standard InChI is InChI=1S/C22H32O/c1-3-5-6-7-8-9-12-18-22(23,4-2)21-17-13-15-19-14-10-11-16-20(19)21/h10-11,13-17,23H,3-9,12,18H2,1-2H3. The van der Waals surface area contributed by atoms with Gasteiger partial charge in [-0.15, -0.1) is 0 Å². The van der Waals surface area contributed by atoms with Crippen molar-refractivity contribution in [2.75, 3.05) is 0 Å². The largest absolute Gasteiger partial charge is 0.385 e. The number of aliphatic hydroxyl groups is 1. The molecule has 0 spiro atoms. The second kappa shape index (κ2) is 9.08. The van der Waals surface area contributed by atoms with Gasteiger partial charge in [0.05, 0.1) is 5.60 Å². The molecule has 0 fully saturated rings. The van der Waals surface area contributed by atoms with Gasteiger partial charge in [-0.3, -0.25) is 0 Å². The molecule has 0 aliphatic rings. The summed E-state index contributed by atoms with van der Waals surface area (Å²) in [6, 6.07) is 14.7. The molecule has 0 amide bonds. The number of rotatable bonds is 10. The monoisotopic (exact) mass is 312 g/mol. The molecule has 1 atom stereocenters. The Morgan fingerprint density at radius 3 is 2.17 bits per heavy atom. The fraction of sp³-hybridized carbons (Fsp3) is 0.545. The number of hydrogen-bond donors (Lipinski definition) is 1. The zero-order valence-electron chi connectivity index (χ0n) is 14.9. The Kier molecular flexibility index (Phi) is 7.11. The Morgan fingerprint density at radius 1 is 0.783 bits per heavy atom. The van der Waals surface area contributed by atoms with Crippen LogP contribution < -0.4 is 0 Å². The van der Waals surface area contributed by atoms with Crippen LogP contribution >= 0.6 is 0 Å². The van der Waals surface area contributed by atoms with Crippen molar-refractivity contribution in [2.45, 2.75) is 77.2 Å². The highest BCUT2D eigenvalue weighted by atomic mass is 16.3. The van der Waals surface area contributed by atoms with Crippen LogP contribution in [0.1, 0.15) is 77.2 Å². The van der Waals surface area contributed by atoms with Gasteiger partial charge in [-0.2, -0.15) is 0 Å². The molecule has 23 heavy (non-hydrogen) atoms. The van der Waals surface area contributed by atoms with Crippen LogP contribution in [0.2, 0.25) is 0 Å². The summed E-state index contributed by atoms with van der Waals surface area (Å²) in [6.07, 6.45) is 10.6. The van der Waals surface area contributed by atoms with E-state index in [1.165, 1.54) is 49.3 Å². The maximum atomic E-state index is 11.2. The summed E-state index contributed by atoms with van der Waals surface area (Å²) in [6.45, 7) is 4.36. The lowest BCUT2D eigenvalue weighted by atomic mass is 9.83. The van der Waals surface area contributed by atoms with E-state index in [1.54, 1.807) is 0 Å². The van der Waals surface area contributed by atoms with E-state index in [-0.39, 0.29) is 0 Å². The van der Waals surface area contributed by atoms with Gasteiger partial charge in [0.1, 0.15) is 0 Å². The zero-order chi connectivity index (χ0) is 16.5. The predicted molar refractivity (Wildman–Crippen MR) is 101 cm³/mol. The first-order chi connectivity index (χ1) is 11.2. The van der Waals surface area contributed by atoms with Gasteiger partial charge >= 0.3 is 0 Å². The van der Waals surface area contributed by atoms with Crippen molar-refractivity contribution in [3.05, 3.63) is 48.0 Å².